The molecule has 6 rings (SSSR count). The number of amides is 2. The molecule has 0 N–H and O–H groups in total. The first kappa shape index (κ1) is 22.4. The van der Waals surface area contributed by atoms with E-state index >= 15 is 0 Å². The van der Waals surface area contributed by atoms with Crippen molar-refractivity contribution in [2.45, 2.75) is 25.6 Å². The van der Waals surface area contributed by atoms with E-state index in [1.165, 1.54) is 0 Å². The van der Waals surface area contributed by atoms with Crippen LogP contribution in [0.2, 0.25) is 0 Å². The largest absolute Gasteiger partial charge is 0.494 e. The molecule has 0 unspecified atom stereocenters. The van der Waals surface area contributed by atoms with Crippen molar-refractivity contribution in [3.05, 3.63) is 95.1 Å². The normalized spacial score (nSPS) is 23.9. The summed E-state index contributed by atoms with van der Waals surface area (Å²) < 4.78 is 11.8. The van der Waals surface area contributed by atoms with Crippen LogP contribution in [0.15, 0.2) is 72.8 Å². The number of hydrogen-bond donors (Lipinski definition) is 0. The van der Waals surface area contributed by atoms with Crippen molar-refractivity contribution in [3.63, 3.8) is 0 Å². The van der Waals surface area contributed by atoms with Gasteiger partial charge >= 0.3 is 0 Å². The SMILES string of the molecule is CCOc1ccc([C@@H]2OC3(C(=O)c4ccccc4C3=O)[C@@H]3C(=O)N(c4ccc(C)cc4)C(=O)[C@@H]32)cc1. The fourth-order valence-corrected chi connectivity index (χ4v) is 5.69. The highest BCUT2D eigenvalue weighted by Gasteiger charge is 2.74. The van der Waals surface area contributed by atoms with E-state index in [1.807, 2.05) is 26.0 Å². The zero-order valence-electron chi connectivity index (χ0n) is 19.8. The number of imide groups is 1. The van der Waals surface area contributed by atoms with Crippen LogP contribution in [-0.2, 0) is 14.3 Å². The van der Waals surface area contributed by atoms with Gasteiger partial charge in [0.15, 0.2) is 0 Å². The molecule has 3 aromatic carbocycles. The van der Waals surface area contributed by atoms with Gasteiger partial charge in [-0.15, -0.1) is 0 Å². The van der Waals surface area contributed by atoms with Gasteiger partial charge in [0, 0.05) is 11.1 Å². The highest BCUT2D eigenvalue weighted by molar-refractivity contribution is 6.37. The average Bonchev–Trinajstić information content (AvgIpc) is 3.45. The lowest BCUT2D eigenvalue weighted by atomic mass is 9.77. The first-order valence-electron chi connectivity index (χ1n) is 11.9. The first-order chi connectivity index (χ1) is 17.4. The summed E-state index contributed by atoms with van der Waals surface area (Å²) in [5, 5.41) is 0. The Labute approximate surface area is 207 Å². The number of nitrogens with zero attached hydrogens (tertiary/aromatic N) is 1. The molecule has 2 amide bonds. The smallest absolute Gasteiger partial charge is 0.241 e. The van der Waals surface area contributed by atoms with E-state index in [0.717, 1.165) is 10.5 Å². The Balaban J connectivity index is 1.50. The predicted octanol–water partition coefficient (Wildman–Crippen LogP) is 4.09. The molecule has 1 aliphatic carbocycles. The van der Waals surface area contributed by atoms with Crippen molar-refractivity contribution in [1.82, 2.24) is 0 Å². The quantitative estimate of drug-likeness (QED) is 0.412. The Kier molecular flexibility index (Phi) is 4.95. The van der Waals surface area contributed by atoms with E-state index in [2.05, 4.69) is 0 Å². The Morgan fingerprint density at radius 2 is 1.44 bits per heavy atom. The molecule has 3 aromatic rings. The van der Waals surface area contributed by atoms with E-state index < -0.39 is 46.9 Å². The molecule has 3 atom stereocenters. The van der Waals surface area contributed by atoms with Crippen molar-refractivity contribution >= 4 is 29.1 Å². The lowest BCUT2D eigenvalue weighted by Gasteiger charge is -2.27. The maximum Gasteiger partial charge on any atom is 0.241 e. The third-order valence-corrected chi connectivity index (χ3v) is 7.33. The van der Waals surface area contributed by atoms with E-state index in [9.17, 15) is 19.2 Å². The molecular weight excluding hydrogens is 458 g/mol. The second kappa shape index (κ2) is 7.96. The van der Waals surface area contributed by atoms with Crippen LogP contribution in [-0.4, -0.2) is 35.6 Å². The summed E-state index contributed by atoms with van der Waals surface area (Å²) in [4.78, 5) is 56.4. The molecule has 7 nitrogen and oxygen atoms in total. The molecule has 0 aromatic heterocycles. The Hall–Kier alpha value is -4.10. The number of carbonyl (C=O) groups excluding carboxylic acids is 4. The summed E-state index contributed by atoms with van der Waals surface area (Å²) >= 11 is 0. The zero-order valence-corrected chi connectivity index (χ0v) is 19.8. The van der Waals surface area contributed by atoms with Gasteiger partial charge in [-0.05, 0) is 43.7 Å². The molecule has 0 radical (unpaired) electrons. The van der Waals surface area contributed by atoms with Crippen LogP contribution < -0.4 is 9.64 Å². The van der Waals surface area contributed by atoms with Gasteiger partial charge in [-0.25, -0.2) is 4.90 Å². The van der Waals surface area contributed by atoms with Gasteiger partial charge in [0.2, 0.25) is 29.0 Å². The highest BCUT2D eigenvalue weighted by atomic mass is 16.5. The molecule has 180 valence electrons. The van der Waals surface area contributed by atoms with Crippen LogP contribution in [0, 0.1) is 18.8 Å². The first-order valence-corrected chi connectivity index (χ1v) is 11.9. The van der Waals surface area contributed by atoms with Crippen molar-refractivity contribution in [2.75, 3.05) is 11.5 Å². The van der Waals surface area contributed by atoms with Gasteiger partial charge in [-0.2, -0.15) is 0 Å². The van der Waals surface area contributed by atoms with Gasteiger partial charge in [0.05, 0.1) is 30.2 Å². The van der Waals surface area contributed by atoms with Gasteiger partial charge in [-0.3, -0.25) is 19.2 Å². The van der Waals surface area contributed by atoms with Crippen LogP contribution in [0.25, 0.3) is 0 Å². The molecule has 3 aliphatic rings. The number of benzene rings is 3. The van der Waals surface area contributed by atoms with Crippen LogP contribution in [0.5, 0.6) is 5.75 Å². The molecule has 2 heterocycles. The second-order valence-electron chi connectivity index (χ2n) is 9.33. The van der Waals surface area contributed by atoms with E-state index in [4.69, 9.17) is 9.47 Å². The summed E-state index contributed by atoms with van der Waals surface area (Å²) in [6.07, 6.45) is -0.959. The number of carbonyl (C=O) groups is 4. The van der Waals surface area contributed by atoms with E-state index in [-0.39, 0.29) is 11.1 Å². The molecule has 1 spiro atoms. The number of fused-ring (bicyclic) bond motifs is 3. The molecule has 0 saturated carbocycles. The van der Waals surface area contributed by atoms with Crippen molar-refractivity contribution in [1.29, 1.82) is 0 Å². The van der Waals surface area contributed by atoms with Gasteiger partial charge in [0.1, 0.15) is 5.75 Å². The van der Waals surface area contributed by atoms with Crippen molar-refractivity contribution in [2.24, 2.45) is 11.8 Å². The fraction of sp³-hybridized carbons (Fsp3) is 0.241. The van der Waals surface area contributed by atoms with Gasteiger partial charge in [-0.1, -0.05) is 54.1 Å². The molecule has 36 heavy (non-hydrogen) atoms. The fourth-order valence-electron chi connectivity index (χ4n) is 5.69. The van der Waals surface area contributed by atoms with E-state index in [0.29, 0.717) is 23.6 Å². The number of aryl methyl sites for hydroxylation is 1. The highest BCUT2D eigenvalue weighted by Crippen LogP contribution is 2.57. The van der Waals surface area contributed by atoms with Crippen LogP contribution in [0.1, 0.15) is 44.9 Å². The third-order valence-electron chi connectivity index (χ3n) is 7.33. The summed E-state index contributed by atoms with van der Waals surface area (Å²) in [7, 11) is 0. The Morgan fingerprint density at radius 3 is 2.03 bits per heavy atom. The molecule has 7 heteroatoms. The maximum absolute atomic E-state index is 13.9. The Morgan fingerprint density at radius 1 is 0.833 bits per heavy atom. The Bertz CT molecular complexity index is 1390. The zero-order chi connectivity index (χ0) is 25.2. The standard InChI is InChI=1S/C29H23NO6/c1-3-35-19-14-10-17(11-15-19)24-22-23(28(34)30(27(22)33)18-12-8-16(2)9-13-18)29(36-24)25(31)20-6-4-5-7-21(20)26(29)32/h4-15,22-24H,3H2,1-2H3/t22-,23-,24-/m0/s1. The van der Waals surface area contributed by atoms with Gasteiger partial charge < -0.3 is 9.47 Å². The van der Waals surface area contributed by atoms with Crippen LogP contribution in [0.4, 0.5) is 5.69 Å². The minimum absolute atomic E-state index is 0.211. The van der Waals surface area contributed by atoms with Crippen molar-refractivity contribution < 1.29 is 28.7 Å². The molecule has 0 bridgehead atoms. The maximum atomic E-state index is 13.9. The minimum Gasteiger partial charge on any atom is -0.494 e. The van der Waals surface area contributed by atoms with Crippen LogP contribution in [0.3, 0.4) is 0 Å². The topological polar surface area (TPSA) is 90.0 Å². The van der Waals surface area contributed by atoms with Gasteiger partial charge in [0.25, 0.3) is 0 Å². The molecule has 2 fully saturated rings. The number of ether oxygens (including phenoxy) is 2. The number of ketones is 2. The summed E-state index contributed by atoms with van der Waals surface area (Å²) in [5.41, 5.74) is 0.311. The third kappa shape index (κ3) is 2.89. The lowest BCUT2D eigenvalue weighted by Crippen LogP contribution is -2.51. The summed E-state index contributed by atoms with van der Waals surface area (Å²) in [6.45, 7) is 4.27. The number of hydrogen-bond acceptors (Lipinski definition) is 6. The monoisotopic (exact) mass is 481 g/mol. The predicted molar refractivity (Wildman–Crippen MR) is 130 cm³/mol. The molecular formula is C29H23NO6. The minimum atomic E-state index is -2.08. The number of Topliss-reactive ketones (excluding diaryl/α,β-unsaturated/α-hetero) is 2. The van der Waals surface area contributed by atoms with Crippen LogP contribution >= 0.6 is 0 Å². The molecule has 2 aliphatic heterocycles. The second-order valence-corrected chi connectivity index (χ2v) is 9.33. The summed E-state index contributed by atoms with van der Waals surface area (Å²) in [6, 6.07) is 20.4. The van der Waals surface area contributed by atoms with Crippen molar-refractivity contribution in [3.8, 4) is 5.75 Å². The summed E-state index contributed by atoms with van der Waals surface area (Å²) in [5.74, 6) is -3.88. The van der Waals surface area contributed by atoms with E-state index in [1.54, 1.807) is 60.7 Å². The average molecular weight is 482 g/mol. The molecule has 2 saturated heterocycles. The number of anilines is 1. The lowest BCUT2D eigenvalue weighted by molar-refractivity contribution is -0.127. The number of rotatable bonds is 4.